The molecule has 5 heteroatoms. The van der Waals surface area contributed by atoms with E-state index >= 15 is 0 Å². The van der Waals surface area contributed by atoms with E-state index < -0.39 is 5.97 Å². The summed E-state index contributed by atoms with van der Waals surface area (Å²) in [5, 5.41) is 11.6. The second-order valence-corrected chi connectivity index (χ2v) is 5.02. The highest BCUT2D eigenvalue weighted by molar-refractivity contribution is 5.76. The topological polar surface area (TPSA) is 75.6 Å². The number of benzene rings is 1. The number of hydrogen-bond donors (Lipinski definition) is 2. The van der Waals surface area contributed by atoms with Crippen molar-refractivity contribution >= 4 is 11.9 Å². The van der Waals surface area contributed by atoms with Crippen molar-refractivity contribution in [3.05, 3.63) is 29.8 Å². The molecule has 2 N–H and O–H groups in total. The lowest BCUT2D eigenvalue weighted by Gasteiger charge is -2.13. The zero-order valence-corrected chi connectivity index (χ0v) is 12.6. The highest BCUT2D eigenvalue weighted by Crippen LogP contribution is 2.12. The summed E-state index contributed by atoms with van der Waals surface area (Å²) in [6, 6.07) is 7.61. The summed E-state index contributed by atoms with van der Waals surface area (Å²) in [5.41, 5.74) is 1.07. The molecule has 116 valence electrons. The summed E-state index contributed by atoms with van der Waals surface area (Å²) < 4.78 is 5.08. The Kier molecular flexibility index (Phi) is 7.29. The fraction of sp³-hybridized carbons (Fsp3) is 0.500. The fourth-order valence-corrected chi connectivity index (χ4v) is 2.00. The molecule has 1 atom stereocenters. The van der Waals surface area contributed by atoms with Gasteiger partial charge in [0.25, 0.3) is 0 Å². The largest absolute Gasteiger partial charge is 0.497 e. The zero-order chi connectivity index (χ0) is 15.7. The first-order chi connectivity index (χ1) is 10.0. The van der Waals surface area contributed by atoms with Crippen LogP contribution in [0.15, 0.2) is 24.3 Å². The molecule has 1 amide bonds. The molecule has 0 aliphatic rings. The Morgan fingerprint density at radius 1 is 1.29 bits per heavy atom. The smallest absolute Gasteiger partial charge is 0.303 e. The minimum absolute atomic E-state index is 0.00700. The molecular formula is C16H23NO4. The molecule has 5 nitrogen and oxygen atoms in total. The number of methoxy groups -OCH3 is 1. The first-order valence-electron chi connectivity index (χ1n) is 7.16. The predicted octanol–water partition coefficient (Wildman–Crippen LogP) is 2.24. The Hall–Kier alpha value is -2.04. The van der Waals surface area contributed by atoms with Crippen LogP contribution in [0.25, 0.3) is 0 Å². The quantitative estimate of drug-likeness (QED) is 0.732. The van der Waals surface area contributed by atoms with Gasteiger partial charge < -0.3 is 15.2 Å². The van der Waals surface area contributed by atoms with Gasteiger partial charge in [-0.05, 0) is 30.0 Å². The second-order valence-electron chi connectivity index (χ2n) is 5.02. The van der Waals surface area contributed by atoms with Gasteiger partial charge in [-0.2, -0.15) is 0 Å². The van der Waals surface area contributed by atoms with Crippen LogP contribution < -0.4 is 10.1 Å². The van der Waals surface area contributed by atoms with Crippen molar-refractivity contribution in [2.45, 2.75) is 32.6 Å². The van der Waals surface area contributed by atoms with Gasteiger partial charge in [0, 0.05) is 19.4 Å². The Labute approximate surface area is 125 Å². The summed E-state index contributed by atoms with van der Waals surface area (Å²) in [5.74, 6) is -0.0842. The molecule has 0 heterocycles. The van der Waals surface area contributed by atoms with E-state index in [1.165, 1.54) is 0 Å². The predicted molar refractivity (Wildman–Crippen MR) is 80.4 cm³/mol. The lowest BCUT2D eigenvalue weighted by molar-refractivity contribution is -0.138. The number of aryl methyl sites for hydroxylation is 1. The molecule has 1 unspecified atom stereocenters. The number of amides is 1. The van der Waals surface area contributed by atoms with E-state index in [2.05, 4.69) is 5.32 Å². The SMILES string of the molecule is CCC(CNC(=O)CCc1ccc(OC)cc1)CC(=O)O. The maximum absolute atomic E-state index is 11.8. The molecule has 0 saturated heterocycles. The van der Waals surface area contributed by atoms with Crippen LogP contribution in [-0.4, -0.2) is 30.6 Å². The fourth-order valence-electron chi connectivity index (χ4n) is 2.00. The highest BCUT2D eigenvalue weighted by atomic mass is 16.5. The van der Waals surface area contributed by atoms with Gasteiger partial charge in [-0.3, -0.25) is 9.59 Å². The molecule has 0 fully saturated rings. The lowest BCUT2D eigenvalue weighted by atomic mass is 10.0. The minimum atomic E-state index is -0.825. The van der Waals surface area contributed by atoms with Crippen LogP contribution in [0.1, 0.15) is 31.7 Å². The van der Waals surface area contributed by atoms with Crippen LogP contribution >= 0.6 is 0 Å². The maximum atomic E-state index is 11.8. The molecule has 0 aliphatic carbocycles. The van der Waals surface area contributed by atoms with Gasteiger partial charge in [-0.15, -0.1) is 0 Å². The van der Waals surface area contributed by atoms with Crippen LogP contribution in [0, 0.1) is 5.92 Å². The molecule has 0 aromatic heterocycles. The third kappa shape index (κ3) is 6.79. The molecule has 1 aromatic rings. The zero-order valence-electron chi connectivity index (χ0n) is 12.6. The molecular weight excluding hydrogens is 270 g/mol. The van der Waals surface area contributed by atoms with Crippen molar-refractivity contribution in [2.24, 2.45) is 5.92 Å². The molecule has 0 spiro atoms. The van der Waals surface area contributed by atoms with Gasteiger partial charge in [0.1, 0.15) is 5.75 Å². The Bertz CT molecular complexity index is 456. The summed E-state index contributed by atoms with van der Waals surface area (Å²) in [6.45, 7) is 2.35. The van der Waals surface area contributed by atoms with Crippen molar-refractivity contribution in [3.8, 4) is 5.75 Å². The highest BCUT2D eigenvalue weighted by Gasteiger charge is 2.12. The van der Waals surface area contributed by atoms with Gasteiger partial charge in [0.2, 0.25) is 5.91 Å². The van der Waals surface area contributed by atoms with Crippen LogP contribution in [-0.2, 0) is 16.0 Å². The van der Waals surface area contributed by atoms with Crippen molar-refractivity contribution < 1.29 is 19.4 Å². The van der Waals surface area contributed by atoms with E-state index in [1.54, 1.807) is 7.11 Å². The molecule has 0 bridgehead atoms. The van der Waals surface area contributed by atoms with E-state index in [1.807, 2.05) is 31.2 Å². The third-order valence-electron chi connectivity index (χ3n) is 3.43. The second kappa shape index (κ2) is 9.00. The van der Waals surface area contributed by atoms with Crippen LogP contribution in [0.5, 0.6) is 5.75 Å². The Morgan fingerprint density at radius 2 is 1.95 bits per heavy atom. The number of carboxylic acids is 1. The number of aliphatic carboxylic acids is 1. The Balaban J connectivity index is 2.31. The Morgan fingerprint density at radius 3 is 2.48 bits per heavy atom. The minimum Gasteiger partial charge on any atom is -0.497 e. The normalized spacial score (nSPS) is 11.7. The molecule has 0 radical (unpaired) electrons. The molecule has 1 rings (SSSR count). The average molecular weight is 293 g/mol. The summed E-state index contributed by atoms with van der Waals surface area (Å²) in [4.78, 5) is 22.4. The standard InChI is InChI=1S/C16H23NO4/c1-3-12(10-16(19)20)11-17-15(18)9-6-13-4-7-14(21-2)8-5-13/h4-5,7-8,12H,3,6,9-11H2,1-2H3,(H,17,18)(H,19,20). The number of nitrogens with one attached hydrogen (secondary N) is 1. The van der Waals surface area contributed by atoms with Crippen molar-refractivity contribution in [1.29, 1.82) is 0 Å². The summed E-state index contributed by atoms with van der Waals surface area (Å²) >= 11 is 0. The van der Waals surface area contributed by atoms with E-state index in [4.69, 9.17) is 9.84 Å². The van der Waals surface area contributed by atoms with Crippen LogP contribution in [0.2, 0.25) is 0 Å². The average Bonchev–Trinajstić information content (AvgIpc) is 2.49. The third-order valence-corrected chi connectivity index (χ3v) is 3.43. The number of carbonyl (C=O) groups excluding carboxylic acids is 1. The van der Waals surface area contributed by atoms with Crippen LogP contribution in [0.4, 0.5) is 0 Å². The lowest BCUT2D eigenvalue weighted by Crippen LogP contribution is -2.30. The summed E-state index contributed by atoms with van der Waals surface area (Å²) in [7, 11) is 1.61. The van der Waals surface area contributed by atoms with Crippen molar-refractivity contribution in [3.63, 3.8) is 0 Å². The maximum Gasteiger partial charge on any atom is 0.303 e. The molecule has 0 aliphatic heterocycles. The van der Waals surface area contributed by atoms with E-state index in [0.717, 1.165) is 17.7 Å². The molecule has 1 aromatic carbocycles. The number of carbonyl (C=O) groups is 2. The van der Waals surface area contributed by atoms with Crippen molar-refractivity contribution in [1.82, 2.24) is 5.32 Å². The van der Waals surface area contributed by atoms with E-state index in [-0.39, 0.29) is 18.2 Å². The summed E-state index contributed by atoms with van der Waals surface area (Å²) in [6.07, 6.45) is 1.89. The van der Waals surface area contributed by atoms with Crippen molar-refractivity contribution in [2.75, 3.05) is 13.7 Å². The molecule has 0 saturated carbocycles. The monoisotopic (exact) mass is 293 g/mol. The number of ether oxygens (including phenoxy) is 1. The van der Waals surface area contributed by atoms with E-state index in [9.17, 15) is 9.59 Å². The first kappa shape index (κ1) is 17.0. The van der Waals surface area contributed by atoms with Gasteiger partial charge in [0.15, 0.2) is 0 Å². The molecule has 21 heavy (non-hydrogen) atoms. The van der Waals surface area contributed by atoms with Gasteiger partial charge >= 0.3 is 5.97 Å². The van der Waals surface area contributed by atoms with Crippen LogP contribution in [0.3, 0.4) is 0 Å². The van der Waals surface area contributed by atoms with E-state index in [0.29, 0.717) is 19.4 Å². The van der Waals surface area contributed by atoms with Gasteiger partial charge in [0.05, 0.1) is 7.11 Å². The van der Waals surface area contributed by atoms with Gasteiger partial charge in [-0.1, -0.05) is 25.5 Å². The number of hydrogen-bond acceptors (Lipinski definition) is 3. The number of rotatable bonds is 9. The first-order valence-corrected chi connectivity index (χ1v) is 7.16. The number of carboxylic acid groups (broad SMARTS) is 1. The van der Waals surface area contributed by atoms with Gasteiger partial charge in [-0.25, -0.2) is 0 Å².